The predicted molar refractivity (Wildman–Crippen MR) is 130 cm³/mol. The summed E-state index contributed by atoms with van der Waals surface area (Å²) in [5.41, 5.74) is 7.84. The molecule has 4 aromatic rings. The average molecular weight is 462 g/mol. The molecule has 0 aliphatic heterocycles. The molecule has 4 N–H and O–H groups in total. The van der Waals surface area contributed by atoms with Crippen molar-refractivity contribution in [3.05, 3.63) is 71.1 Å². The molecule has 3 aromatic heterocycles. The third-order valence-corrected chi connectivity index (χ3v) is 5.78. The monoisotopic (exact) mass is 461 g/mol. The molecule has 0 saturated carbocycles. The maximum absolute atomic E-state index is 14.5. The van der Waals surface area contributed by atoms with Gasteiger partial charge in [0.15, 0.2) is 11.6 Å². The van der Waals surface area contributed by atoms with Crippen LogP contribution in [0.15, 0.2) is 54.2 Å². The van der Waals surface area contributed by atoms with Crippen LogP contribution >= 0.6 is 11.3 Å². The highest BCUT2D eigenvalue weighted by atomic mass is 32.1. The molecule has 0 radical (unpaired) electrons. The SMILES string of the molecule is CC(C)(O)C#Cc1csc2c(NC[C@@H](N)Cc3ccccc3)nc(-c3ccncc3F)nc12. The molecule has 0 aliphatic carbocycles. The van der Waals surface area contributed by atoms with E-state index in [9.17, 15) is 9.50 Å². The van der Waals surface area contributed by atoms with Crippen molar-refractivity contribution in [2.45, 2.75) is 31.9 Å². The fourth-order valence-corrected chi connectivity index (χ4v) is 4.14. The minimum Gasteiger partial charge on any atom is -0.378 e. The number of hydrogen-bond acceptors (Lipinski definition) is 7. The molecule has 168 valence electrons. The number of aliphatic hydroxyl groups is 1. The average Bonchev–Trinajstić information content (AvgIpc) is 3.20. The van der Waals surface area contributed by atoms with Crippen LogP contribution in [0.4, 0.5) is 10.2 Å². The number of hydrogen-bond donors (Lipinski definition) is 3. The number of nitrogens with zero attached hydrogens (tertiary/aromatic N) is 3. The van der Waals surface area contributed by atoms with Crippen LogP contribution in [0.5, 0.6) is 0 Å². The van der Waals surface area contributed by atoms with E-state index in [4.69, 9.17) is 5.73 Å². The molecule has 0 bridgehead atoms. The molecule has 0 spiro atoms. The van der Waals surface area contributed by atoms with Crippen molar-refractivity contribution in [1.29, 1.82) is 0 Å². The minimum absolute atomic E-state index is 0.145. The summed E-state index contributed by atoms with van der Waals surface area (Å²) in [7, 11) is 0. The summed E-state index contributed by atoms with van der Waals surface area (Å²) in [6, 6.07) is 11.4. The Bertz CT molecular complexity index is 1320. The number of nitrogens with two attached hydrogens (primary N) is 1. The van der Waals surface area contributed by atoms with Crippen LogP contribution in [-0.4, -0.2) is 38.2 Å². The number of aromatic nitrogens is 3. The van der Waals surface area contributed by atoms with E-state index >= 15 is 0 Å². The molecule has 6 nitrogen and oxygen atoms in total. The molecule has 0 amide bonds. The van der Waals surface area contributed by atoms with Gasteiger partial charge in [0, 0.05) is 24.2 Å². The maximum Gasteiger partial charge on any atom is 0.165 e. The highest BCUT2D eigenvalue weighted by Gasteiger charge is 2.17. The van der Waals surface area contributed by atoms with Gasteiger partial charge in [-0.15, -0.1) is 11.3 Å². The molecule has 33 heavy (non-hydrogen) atoms. The Labute approximate surface area is 195 Å². The van der Waals surface area contributed by atoms with Crippen LogP contribution in [0.25, 0.3) is 21.6 Å². The third kappa shape index (κ3) is 5.71. The molecule has 1 atom stereocenters. The Morgan fingerprint density at radius 2 is 2.00 bits per heavy atom. The summed E-state index contributed by atoms with van der Waals surface area (Å²) in [4.78, 5) is 13.0. The van der Waals surface area contributed by atoms with Crippen LogP contribution in [0.1, 0.15) is 25.0 Å². The summed E-state index contributed by atoms with van der Waals surface area (Å²) < 4.78 is 15.2. The van der Waals surface area contributed by atoms with E-state index in [0.29, 0.717) is 29.9 Å². The highest BCUT2D eigenvalue weighted by molar-refractivity contribution is 7.18. The van der Waals surface area contributed by atoms with Crippen molar-refractivity contribution in [2.75, 3.05) is 11.9 Å². The fraction of sp³-hybridized carbons (Fsp3) is 0.240. The smallest absolute Gasteiger partial charge is 0.165 e. The molecule has 0 saturated heterocycles. The number of pyridine rings is 1. The zero-order chi connectivity index (χ0) is 23.4. The lowest BCUT2D eigenvalue weighted by Gasteiger charge is -2.14. The molecule has 4 rings (SSSR count). The van der Waals surface area contributed by atoms with E-state index in [2.05, 4.69) is 32.1 Å². The van der Waals surface area contributed by atoms with Gasteiger partial charge in [-0.25, -0.2) is 14.4 Å². The van der Waals surface area contributed by atoms with Gasteiger partial charge in [0.25, 0.3) is 0 Å². The lowest BCUT2D eigenvalue weighted by Crippen LogP contribution is -2.31. The van der Waals surface area contributed by atoms with Crippen LogP contribution in [0, 0.1) is 17.7 Å². The zero-order valence-electron chi connectivity index (χ0n) is 18.3. The fourth-order valence-electron chi connectivity index (χ4n) is 3.24. The van der Waals surface area contributed by atoms with E-state index in [1.165, 1.54) is 23.6 Å². The summed E-state index contributed by atoms with van der Waals surface area (Å²) in [6.07, 6.45) is 3.34. The van der Waals surface area contributed by atoms with Gasteiger partial charge in [-0.1, -0.05) is 42.2 Å². The topological polar surface area (TPSA) is 97.0 Å². The van der Waals surface area contributed by atoms with Crippen molar-refractivity contribution in [2.24, 2.45) is 5.73 Å². The van der Waals surface area contributed by atoms with Gasteiger partial charge in [0.2, 0.25) is 0 Å². The van der Waals surface area contributed by atoms with Gasteiger partial charge in [-0.05, 0) is 31.9 Å². The Kier molecular flexibility index (Phi) is 6.65. The summed E-state index contributed by atoms with van der Waals surface area (Å²) >= 11 is 1.44. The second-order valence-electron chi connectivity index (χ2n) is 8.22. The molecule has 3 heterocycles. The van der Waals surface area contributed by atoms with Crippen molar-refractivity contribution < 1.29 is 9.50 Å². The second kappa shape index (κ2) is 9.63. The molecule has 1 aromatic carbocycles. The number of rotatable bonds is 6. The van der Waals surface area contributed by atoms with Crippen LogP contribution in [0.2, 0.25) is 0 Å². The molecule has 0 fully saturated rings. The standard InChI is InChI=1S/C25H24FN5OS/c1-25(2,32)10-8-17-15-33-22-21(17)30-23(19-9-11-28-14-20(19)26)31-24(22)29-13-18(27)12-16-6-4-3-5-7-16/h3-7,9,11,14-15,18,32H,12-13,27H2,1-2H3,(H,29,30,31)/t18-/m0/s1. The number of nitrogens with one attached hydrogen (secondary N) is 1. The lowest BCUT2D eigenvalue weighted by molar-refractivity contribution is 0.143. The first-order valence-electron chi connectivity index (χ1n) is 10.5. The molecular weight excluding hydrogens is 437 g/mol. The Balaban J connectivity index is 1.70. The predicted octanol–water partition coefficient (Wildman–Crippen LogP) is 4.00. The van der Waals surface area contributed by atoms with Gasteiger partial charge in [-0.3, -0.25) is 4.98 Å². The Hall–Kier alpha value is -3.38. The van der Waals surface area contributed by atoms with Gasteiger partial charge < -0.3 is 16.2 Å². The van der Waals surface area contributed by atoms with E-state index in [0.717, 1.165) is 16.5 Å². The van der Waals surface area contributed by atoms with Crippen molar-refractivity contribution in [3.63, 3.8) is 0 Å². The number of benzene rings is 1. The number of halogens is 1. The lowest BCUT2D eigenvalue weighted by atomic mass is 10.1. The third-order valence-electron chi connectivity index (χ3n) is 4.80. The number of anilines is 1. The summed E-state index contributed by atoms with van der Waals surface area (Å²) in [5, 5.41) is 15.2. The van der Waals surface area contributed by atoms with Gasteiger partial charge >= 0.3 is 0 Å². The molecule has 0 aliphatic rings. The largest absolute Gasteiger partial charge is 0.378 e. The van der Waals surface area contributed by atoms with Crippen LogP contribution in [-0.2, 0) is 6.42 Å². The number of thiophene rings is 1. The highest BCUT2D eigenvalue weighted by Crippen LogP contribution is 2.32. The van der Waals surface area contributed by atoms with Crippen molar-refractivity contribution in [3.8, 4) is 23.2 Å². The first kappa shape index (κ1) is 22.8. The van der Waals surface area contributed by atoms with E-state index in [1.807, 2.05) is 35.7 Å². The quantitative estimate of drug-likeness (QED) is 0.376. The molecular formula is C25H24FN5OS. The van der Waals surface area contributed by atoms with Crippen molar-refractivity contribution in [1.82, 2.24) is 15.0 Å². The zero-order valence-corrected chi connectivity index (χ0v) is 19.2. The summed E-state index contributed by atoms with van der Waals surface area (Å²) in [6.45, 7) is 3.70. The first-order valence-corrected chi connectivity index (χ1v) is 11.4. The Morgan fingerprint density at radius 1 is 1.21 bits per heavy atom. The normalized spacial score (nSPS) is 12.3. The van der Waals surface area contributed by atoms with Crippen molar-refractivity contribution >= 4 is 27.4 Å². The van der Waals surface area contributed by atoms with Crippen LogP contribution in [0.3, 0.4) is 0 Å². The Morgan fingerprint density at radius 3 is 2.73 bits per heavy atom. The molecule has 8 heteroatoms. The van der Waals surface area contributed by atoms with E-state index < -0.39 is 11.4 Å². The minimum atomic E-state index is -1.15. The van der Waals surface area contributed by atoms with Crippen LogP contribution < -0.4 is 11.1 Å². The maximum atomic E-state index is 14.5. The number of fused-ring (bicyclic) bond motifs is 1. The van der Waals surface area contributed by atoms with Gasteiger partial charge in [0.1, 0.15) is 16.9 Å². The van der Waals surface area contributed by atoms with Gasteiger partial charge in [0.05, 0.1) is 22.0 Å². The van der Waals surface area contributed by atoms with Gasteiger partial charge in [-0.2, -0.15) is 0 Å². The first-order chi connectivity index (χ1) is 15.8. The van der Waals surface area contributed by atoms with E-state index in [-0.39, 0.29) is 17.4 Å². The second-order valence-corrected chi connectivity index (χ2v) is 9.10. The molecule has 0 unspecified atom stereocenters. The summed E-state index contributed by atoms with van der Waals surface area (Å²) in [5.74, 6) is 6.08. The van der Waals surface area contributed by atoms with E-state index in [1.54, 1.807) is 13.8 Å².